The summed E-state index contributed by atoms with van der Waals surface area (Å²) in [5, 5.41) is 11.8. The molecule has 0 aliphatic heterocycles. The lowest BCUT2D eigenvalue weighted by Crippen LogP contribution is -2.13. The molecule has 0 atom stereocenters. The highest BCUT2D eigenvalue weighted by Crippen LogP contribution is 2.36. The first-order valence-corrected chi connectivity index (χ1v) is 9.05. The Labute approximate surface area is 158 Å². The fourth-order valence-electron chi connectivity index (χ4n) is 3.78. The Hall–Kier alpha value is -3.30. The molecule has 3 heteroatoms. The molecule has 1 aromatic heterocycles. The van der Waals surface area contributed by atoms with Crippen LogP contribution in [-0.2, 0) is 0 Å². The molecule has 0 aliphatic rings. The number of para-hydroxylation sites is 1. The number of furan rings is 1. The van der Waals surface area contributed by atoms with Crippen LogP contribution in [0.15, 0.2) is 95.4 Å². The largest absolute Gasteiger partial charge is 0.455 e. The Morgan fingerprint density at radius 2 is 1.41 bits per heavy atom. The van der Waals surface area contributed by atoms with E-state index in [1.165, 1.54) is 11.1 Å². The van der Waals surface area contributed by atoms with Crippen LogP contribution in [0.4, 0.5) is 0 Å². The highest BCUT2D eigenvalue weighted by Gasteiger charge is 2.15. The first kappa shape index (κ1) is 15.9. The second-order valence-electron chi connectivity index (χ2n) is 6.68. The third-order valence-electron chi connectivity index (χ3n) is 5.06. The summed E-state index contributed by atoms with van der Waals surface area (Å²) < 4.78 is 6.21. The van der Waals surface area contributed by atoms with E-state index in [1.807, 2.05) is 24.3 Å². The van der Waals surface area contributed by atoms with E-state index in [0.717, 1.165) is 38.5 Å². The van der Waals surface area contributed by atoms with Gasteiger partial charge in [-0.15, -0.1) is 0 Å². The third-order valence-corrected chi connectivity index (χ3v) is 5.06. The lowest BCUT2D eigenvalue weighted by molar-refractivity contribution is 0.615. The van der Waals surface area contributed by atoms with Crippen molar-refractivity contribution in [2.24, 2.45) is 0 Å². The molecule has 0 radical (unpaired) electrons. The second kappa shape index (κ2) is 6.46. The van der Waals surface area contributed by atoms with Crippen LogP contribution in [-0.4, -0.2) is 12.5 Å². The molecule has 1 heterocycles. The number of benzene rings is 4. The average Bonchev–Trinajstić information content (AvgIpc) is 3.13. The van der Waals surface area contributed by atoms with Gasteiger partial charge in [0.2, 0.25) is 0 Å². The van der Waals surface area contributed by atoms with Gasteiger partial charge < -0.3 is 9.44 Å². The number of rotatable bonds is 3. The molecule has 0 spiro atoms. The average molecular weight is 348 g/mol. The van der Waals surface area contributed by atoms with E-state index in [-0.39, 0.29) is 7.48 Å². The van der Waals surface area contributed by atoms with Gasteiger partial charge in [0.15, 0.2) is 0 Å². The lowest BCUT2D eigenvalue weighted by atomic mass is 9.84. The van der Waals surface area contributed by atoms with E-state index in [2.05, 4.69) is 66.7 Å². The summed E-state index contributed by atoms with van der Waals surface area (Å²) in [5.74, 6) is 0. The first-order chi connectivity index (χ1) is 13.3. The van der Waals surface area contributed by atoms with Crippen molar-refractivity contribution in [1.82, 2.24) is 0 Å². The van der Waals surface area contributed by atoms with E-state index in [4.69, 9.17) is 4.42 Å². The predicted molar refractivity (Wildman–Crippen MR) is 114 cm³/mol. The van der Waals surface area contributed by atoms with Crippen LogP contribution in [0.3, 0.4) is 0 Å². The Morgan fingerprint density at radius 1 is 0.667 bits per heavy atom. The SMILES string of the molecule is OBc1cccc2oc3c(-c4cccc(-c5ccccc5)c4)cccc3c12. The fourth-order valence-corrected chi connectivity index (χ4v) is 3.78. The van der Waals surface area contributed by atoms with E-state index in [0.29, 0.717) is 0 Å². The van der Waals surface area contributed by atoms with Crippen molar-refractivity contribution in [2.75, 3.05) is 0 Å². The Kier molecular flexibility index (Phi) is 3.81. The molecular formula is C24H17BO2. The van der Waals surface area contributed by atoms with Gasteiger partial charge in [0.25, 0.3) is 0 Å². The standard InChI is InChI=1S/C24H17BO2/c26-25-21-13-6-14-22-23(21)20-12-5-11-19(24(20)27-22)18-10-4-9-17(15-18)16-7-2-1-3-8-16/h1-15,25-26H. The summed E-state index contributed by atoms with van der Waals surface area (Å²) in [6, 6.07) is 30.9. The quantitative estimate of drug-likeness (QED) is 0.471. The summed E-state index contributed by atoms with van der Waals surface area (Å²) in [6.45, 7) is 0. The smallest absolute Gasteiger partial charge is 0.305 e. The molecule has 0 aliphatic carbocycles. The van der Waals surface area contributed by atoms with Crippen molar-refractivity contribution in [3.8, 4) is 22.3 Å². The van der Waals surface area contributed by atoms with Gasteiger partial charge in [0.1, 0.15) is 11.2 Å². The van der Waals surface area contributed by atoms with Crippen LogP contribution < -0.4 is 5.46 Å². The minimum Gasteiger partial charge on any atom is -0.455 e. The summed E-state index contributed by atoms with van der Waals surface area (Å²) in [7, 11) is -0.000304. The highest BCUT2D eigenvalue weighted by molar-refractivity contribution is 6.51. The van der Waals surface area contributed by atoms with Gasteiger partial charge in [-0.3, -0.25) is 0 Å². The molecule has 0 saturated carbocycles. The van der Waals surface area contributed by atoms with Crippen molar-refractivity contribution >= 4 is 34.9 Å². The number of fused-ring (bicyclic) bond motifs is 3. The van der Waals surface area contributed by atoms with Gasteiger partial charge >= 0.3 is 7.48 Å². The number of hydrogen-bond acceptors (Lipinski definition) is 2. The molecule has 4 aromatic carbocycles. The van der Waals surface area contributed by atoms with Crippen LogP contribution >= 0.6 is 0 Å². The topological polar surface area (TPSA) is 33.4 Å². The fraction of sp³-hybridized carbons (Fsp3) is 0. The molecule has 0 amide bonds. The molecule has 5 aromatic rings. The normalized spacial score (nSPS) is 11.1. The lowest BCUT2D eigenvalue weighted by Gasteiger charge is -2.07. The molecule has 0 bridgehead atoms. The zero-order valence-corrected chi connectivity index (χ0v) is 14.7. The molecule has 1 N–H and O–H groups in total. The van der Waals surface area contributed by atoms with E-state index < -0.39 is 0 Å². The van der Waals surface area contributed by atoms with Crippen LogP contribution in [0.1, 0.15) is 0 Å². The van der Waals surface area contributed by atoms with Crippen molar-refractivity contribution in [3.05, 3.63) is 91.0 Å². The maximum atomic E-state index is 9.72. The predicted octanol–water partition coefficient (Wildman–Crippen LogP) is 4.89. The first-order valence-electron chi connectivity index (χ1n) is 9.05. The molecule has 0 saturated heterocycles. The highest BCUT2D eigenvalue weighted by atomic mass is 16.3. The second-order valence-corrected chi connectivity index (χ2v) is 6.68. The summed E-state index contributed by atoms with van der Waals surface area (Å²) in [5.41, 5.74) is 7.11. The van der Waals surface area contributed by atoms with Crippen molar-refractivity contribution < 1.29 is 9.44 Å². The summed E-state index contributed by atoms with van der Waals surface area (Å²) in [4.78, 5) is 0. The minimum atomic E-state index is -0.000304. The summed E-state index contributed by atoms with van der Waals surface area (Å²) >= 11 is 0. The Morgan fingerprint density at radius 3 is 2.26 bits per heavy atom. The van der Waals surface area contributed by atoms with Crippen LogP contribution in [0.25, 0.3) is 44.2 Å². The Balaban J connectivity index is 1.75. The van der Waals surface area contributed by atoms with Crippen molar-refractivity contribution in [3.63, 3.8) is 0 Å². The summed E-state index contributed by atoms with van der Waals surface area (Å²) in [6.07, 6.45) is 0. The van der Waals surface area contributed by atoms with Gasteiger partial charge in [-0.25, -0.2) is 0 Å². The van der Waals surface area contributed by atoms with Crippen LogP contribution in [0.5, 0.6) is 0 Å². The van der Waals surface area contributed by atoms with Gasteiger partial charge in [-0.2, -0.15) is 0 Å². The molecule has 0 fully saturated rings. The number of hydrogen-bond donors (Lipinski definition) is 1. The zero-order chi connectivity index (χ0) is 18.2. The van der Waals surface area contributed by atoms with Gasteiger partial charge in [0.05, 0.1) is 0 Å². The molecule has 2 nitrogen and oxygen atoms in total. The molecular weight excluding hydrogens is 331 g/mol. The zero-order valence-electron chi connectivity index (χ0n) is 14.7. The van der Waals surface area contributed by atoms with Gasteiger partial charge in [-0.1, -0.05) is 78.9 Å². The molecule has 27 heavy (non-hydrogen) atoms. The van der Waals surface area contributed by atoms with Gasteiger partial charge in [0, 0.05) is 16.3 Å². The van der Waals surface area contributed by atoms with Crippen LogP contribution in [0.2, 0.25) is 0 Å². The molecule has 128 valence electrons. The Bertz CT molecular complexity index is 1260. The van der Waals surface area contributed by atoms with E-state index >= 15 is 0 Å². The minimum absolute atomic E-state index is 0.000304. The van der Waals surface area contributed by atoms with Crippen LogP contribution in [0, 0.1) is 0 Å². The maximum absolute atomic E-state index is 9.72. The molecule has 5 rings (SSSR count). The van der Waals surface area contributed by atoms with Gasteiger partial charge in [-0.05, 0) is 34.3 Å². The third kappa shape index (κ3) is 2.64. The van der Waals surface area contributed by atoms with E-state index in [9.17, 15) is 5.02 Å². The van der Waals surface area contributed by atoms with Crippen molar-refractivity contribution in [2.45, 2.75) is 0 Å². The van der Waals surface area contributed by atoms with Crippen molar-refractivity contribution in [1.29, 1.82) is 0 Å². The monoisotopic (exact) mass is 348 g/mol. The van der Waals surface area contributed by atoms with E-state index in [1.54, 1.807) is 0 Å². The maximum Gasteiger partial charge on any atom is 0.305 e. The molecule has 0 unspecified atom stereocenters.